The third kappa shape index (κ3) is 4.74. The number of hydrogen-bond donors (Lipinski definition) is 1. The van der Waals surface area contributed by atoms with Crippen molar-refractivity contribution in [3.63, 3.8) is 0 Å². The molecule has 0 unspecified atom stereocenters. The molecular formula is C21H35N5O2. The maximum absolute atomic E-state index is 12.5. The SMILES string of the molecule is CCN1CCn2cc(C(=O)NCCCN(C(C)C)C3CCCCC3)nc2C1=O. The molecule has 2 amide bonds. The third-order valence-electron chi connectivity index (χ3n) is 6.07. The first kappa shape index (κ1) is 20.8. The molecule has 0 spiro atoms. The summed E-state index contributed by atoms with van der Waals surface area (Å²) in [5.41, 5.74) is 0.342. The summed E-state index contributed by atoms with van der Waals surface area (Å²) in [5, 5.41) is 2.98. The Bertz CT molecular complexity index is 678. The predicted octanol–water partition coefficient (Wildman–Crippen LogP) is 2.52. The first-order chi connectivity index (χ1) is 13.5. The van der Waals surface area contributed by atoms with E-state index in [0.717, 1.165) is 13.0 Å². The Kier molecular flexibility index (Phi) is 7.10. The van der Waals surface area contributed by atoms with E-state index in [2.05, 4.69) is 29.0 Å². The molecule has 1 aromatic rings. The quantitative estimate of drug-likeness (QED) is 0.694. The first-order valence-corrected chi connectivity index (χ1v) is 10.9. The van der Waals surface area contributed by atoms with Crippen molar-refractivity contribution in [1.82, 2.24) is 24.7 Å². The van der Waals surface area contributed by atoms with Crippen molar-refractivity contribution < 1.29 is 9.59 Å². The van der Waals surface area contributed by atoms with Crippen molar-refractivity contribution in [2.45, 2.75) is 77.9 Å². The predicted molar refractivity (Wildman–Crippen MR) is 109 cm³/mol. The Labute approximate surface area is 168 Å². The van der Waals surface area contributed by atoms with Gasteiger partial charge in [-0.2, -0.15) is 0 Å². The Morgan fingerprint density at radius 1 is 1.29 bits per heavy atom. The standard InChI is InChI=1S/C21H35N5O2/c1-4-24-13-14-25-15-18(23-19(25)21(24)28)20(27)22-11-8-12-26(16(2)3)17-9-6-5-7-10-17/h15-17H,4-14H2,1-3H3,(H,22,27). The zero-order chi connectivity index (χ0) is 20.1. The number of amides is 2. The molecule has 2 heterocycles. The van der Waals surface area contributed by atoms with Gasteiger partial charge in [-0.1, -0.05) is 19.3 Å². The van der Waals surface area contributed by atoms with Crippen LogP contribution in [0.15, 0.2) is 6.20 Å². The molecule has 3 rings (SSSR count). The van der Waals surface area contributed by atoms with Gasteiger partial charge in [0.05, 0.1) is 0 Å². The van der Waals surface area contributed by atoms with Gasteiger partial charge >= 0.3 is 0 Å². The zero-order valence-corrected chi connectivity index (χ0v) is 17.6. The second-order valence-electron chi connectivity index (χ2n) is 8.26. The summed E-state index contributed by atoms with van der Waals surface area (Å²) in [7, 11) is 0. The number of aromatic nitrogens is 2. The smallest absolute Gasteiger partial charge is 0.289 e. The molecule has 1 saturated carbocycles. The minimum atomic E-state index is -0.188. The highest BCUT2D eigenvalue weighted by Crippen LogP contribution is 2.24. The molecule has 0 bridgehead atoms. The topological polar surface area (TPSA) is 70.5 Å². The van der Waals surface area contributed by atoms with Crippen molar-refractivity contribution >= 4 is 11.8 Å². The van der Waals surface area contributed by atoms with Crippen LogP contribution in [0.4, 0.5) is 0 Å². The number of likely N-dealkylation sites (N-methyl/N-ethyl adjacent to an activating group) is 1. The van der Waals surface area contributed by atoms with Crippen LogP contribution in [0.3, 0.4) is 0 Å². The van der Waals surface area contributed by atoms with Gasteiger partial charge in [0.25, 0.3) is 11.8 Å². The van der Waals surface area contributed by atoms with Gasteiger partial charge in [-0.3, -0.25) is 14.5 Å². The van der Waals surface area contributed by atoms with Gasteiger partial charge in [-0.15, -0.1) is 0 Å². The van der Waals surface area contributed by atoms with Gasteiger partial charge in [-0.25, -0.2) is 4.98 Å². The number of nitrogens with one attached hydrogen (secondary N) is 1. The highest BCUT2D eigenvalue weighted by Gasteiger charge is 2.27. The monoisotopic (exact) mass is 389 g/mol. The molecular weight excluding hydrogens is 354 g/mol. The summed E-state index contributed by atoms with van der Waals surface area (Å²) in [6.45, 7) is 10.2. The fraction of sp³-hybridized carbons (Fsp3) is 0.762. The summed E-state index contributed by atoms with van der Waals surface area (Å²) in [6, 6.07) is 1.23. The minimum Gasteiger partial charge on any atom is -0.351 e. The minimum absolute atomic E-state index is 0.0899. The fourth-order valence-corrected chi connectivity index (χ4v) is 4.47. The van der Waals surface area contributed by atoms with Crippen molar-refractivity contribution in [1.29, 1.82) is 0 Å². The first-order valence-electron chi connectivity index (χ1n) is 10.9. The third-order valence-corrected chi connectivity index (χ3v) is 6.07. The van der Waals surface area contributed by atoms with Crippen molar-refractivity contribution in [2.75, 3.05) is 26.2 Å². The summed E-state index contributed by atoms with van der Waals surface area (Å²) < 4.78 is 1.80. The molecule has 1 aliphatic heterocycles. The Balaban J connectivity index is 1.49. The molecule has 0 radical (unpaired) electrons. The maximum atomic E-state index is 12.5. The number of rotatable bonds is 8. The molecule has 1 fully saturated rings. The largest absolute Gasteiger partial charge is 0.351 e. The maximum Gasteiger partial charge on any atom is 0.289 e. The van der Waals surface area contributed by atoms with Crippen LogP contribution in [0.5, 0.6) is 0 Å². The molecule has 1 aromatic heterocycles. The van der Waals surface area contributed by atoms with Crippen LogP contribution < -0.4 is 5.32 Å². The molecule has 0 atom stereocenters. The van der Waals surface area contributed by atoms with Gasteiger partial charge in [0.1, 0.15) is 5.69 Å². The lowest BCUT2D eigenvalue weighted by atomic mass is 9.93. The molecule has 1 aliphatic carbocycles. The number of imidazole rings is 1. The Hall–Kier alpha value is -1.89. The zero-order valence-electron chi connectivity index (χ0n) is 17.6. The van der Waals surface area contributed by atoms with Gasteiger partial charge in [0, 0.05) is 51.0 Å². The number of hydrogen-bond acceptors (Lipinski definition) is 4. The average molecular weight is 390 g/mol. The molecule has 7 heteroatoms. The summed E-state index contributed by atoms with van der Waals surface area (Å²) in [6.07, 6.45) is 9.27. The van der Waals surface area contributed by atoms with E-state index in [1.54, 1.807) is 15.7 Å². The van der Waals surface area contributed by atoms with E-state index in [0.29, 0.717) is 49.8 Å². The van der Waals surface area contributed by atoms with Gasteiger partial charge < -0.3 is 14.8 Å². The molecule has 1 N–H and O–H groups in total. The molecule has 156 valence electrons. The molecule has 0 saturated heterocycles. The van der Waals surface area contributed by atoms with Crippen LogP contribution >= 0.6 is 0 Å². The van der Waals surface area contributed by atoms with E-state index < -0.39 is 0 Å². The van der Waals surface area contributed by atoms with Gasteiger partial charge in [0.15, 0.2) is 5.82 Å². The van der Waals surface area contributed by atoms with Crippen LogP contribution in [-0.4, -0.2) is 69.4 Å². The summed E-state index contributed by atoms with van der Waals surface area (Å²) in [5.74, 6) is 0.0981. The fourth-order valence-electron chi connectivity index (χ4n) is 4.47. The van der Waals surface area contributed by atoms with Crippen molar-refractivity contribution in [3.8, 4) is 0 Å². The van der Waals surface area contributed by atoms with E-state index in [9.17, 15) is 9.59 Å². The Morgan fingerprint density at radius 3 is 2.71 bits per heavy atom. The van der Waals surface area contributed by atoms with Gasteiger partial charge in [-0.05, 0) is 40.0 Å². The van der Waals surface area contributed by atoms with E-state index in [-0.39, 0.29) is 11.8 Å². The van der Waals surface area contributed by atoms with Crippen LogP contribution in [0.2, 0.25) is 0 Å². The normalized spacial score (nSPS) is 18.0. The average Bonchev–Trinajstić information content (AvgIpc) is 3.14. The lowest BCUT2D eigenvalue weighted by molar-refractivity contribution is 0.0707. The van der Waals surface area contributed by atoms with E-state index in [1.165, 1.54) is 32.1 Å². The van der Waals surface area contributed by atoms with Crippen molar-refractivity contribution in [2.24, 2.45) is 0 Å². The number of carbonyl (C=O) groups is 2. The van der Waals surface area contributed by atoms with E-state index >= 15 is 0 Å². The van der Waals surface area contributed by atoms with Crippen LogP contribution in [0.25, 0.3) is 0 Å². The van der Waals surface area contributed by atoms with Crippen LogP contribution in [0, 0.1) is 0 Å². The lowest BCUT2D eigenvalue weighted by Crippen LogP contribution is -2.43. The van der Waals surface area contributed by atoms with Crippen LogP contribution in [0.1, 0.15) is 80.4 Å². The second kappa shape index (κ2) is 9.54. The van der Waals surface area contributed by atoms with Crippen molar-refractivity contribution in [3.05, 3.63) is 17.7 Å². The van der Waals surface area contributed by atoms with Gasteiger partial charge in [0.2, 0.25) is 0 Å². The Morgan fingerprint density at radius 2 is 2.04 bits per heavy atom. The number of fused-ring (bicyclic) bond motifs is 1. The lowest BCUT2D eigenvalue weighted by Gasteiger charge is -2.37. The summed E-state index contributed by atoms with van der Waals surface area (Å²) >= 11 is 0. The highest BCUT2D eigenvalue weighted by atomic mass is 16.2. The molecule has 28 heavy (non-hydrogen) atoms. The van der Waals surface area contributed by atoms with Crippen LogP contribution in [-0.2, 0) is 6.54 Å². The number of nitrogens with zero attached hydrogens (tertiary/aromatic N) is 4. The number of carbonyl (C=O) groups excluding carboxylic acids is 2. The second-order valence-corrected chi connectivity index (χ2v) is 8.26. The molecule has 7 nitrogen and oxygen atoms in total. The highest BCUT2D eigenvalue weighted by molar-refractivity contribution is 5.96. The van der Waals surface area contributed by atoms with E-state index in [1.807, 2.05) is 6.92 Å². The molecule has 0 aromatic carbocycles. The van der Waals surface area contributed by atoms with E-state index in [4.69, 9.17) is 0 Å². The summed E-state index contributed by atoms with van der Waals surface area (Å²) in [4.78, 5) is 33.5. The molecule has 2 aliphatic rings.